The molecule has 0 atom stereocenters. The molecule has 2 rings (SSSR count). The lowest BCUT2D eigenvalue weighted by Crippen LogP contribution is -2.36. The molecule has 1 N–H and O–H groups in total. The van der Waals surface area contributed by atoms with Crippen LogP contribution in [-0.2, 0) is 26.1 Å². The SMILES string of the molecule is CCOC(=O)c1cccc(NC(=O)CN(Cc2ccccc2)S(C)(=O)=O)c1. The van der Waals surface area contributed by atoms with Gasteiger partial charge < -0.3 is 10.1 Å². The number of carbonyl (C=O) groups is 2. The first-order chi connectivity index (χ1) is 12.8. The van der Waals surface area contributed by atoms with Gasteiger partial charge in [0.05, 0.1) is 25.0 Å². The number of carbonyl (C=O) groups excluding carboxylic acids is 2. The third-order valence-electron chi connectivity index (χ3n) is 3.65. The van der Waals surface area contributed by atoms with Crippen molar-refractivity contribution in [3.8, 4) is 0 Å². The summed E-state index contributed by atoms with van der Waals surface area (Å²) in [7, 11) is -3.58. The van der Waals surface area contributed by atoms with Gasteiger partial charge in [0, 0.05) is 12.2 Å². The molecule has 0 fully saturated rings. The first kappa shape index (κ1) is 20.6. The molecule has 0 heterocycles. The van der Waals surface area contributed by atoms with Gasteiger partial charge in [-0.3, -0.25) is 4.79 Å². The number of esters is 1. The molecule has 0 aliphatic rings. The Hall–Kier alpha value is -2.71. The lowest BCUT2D eigenvalue weighted by Gasteiger charge is -2.19. The number of benzene rings is 2. The summed E-state index contributed by atoms with van der Waals surface area (Å²) in [5.41, 5.74) is 1.47. The summed E-state index contributed by atoms with van der Waals surface area (Å²) in [4.78, 5) is 24.1. The van der Waals surface area contributed by atoms with Crippen molar-refractivity contribution in [3.05, 3.63) is 65.7 Å². The fraction of sp³-hybridized carbons (Fsp3) is 0.263. The molecule has 0 aliphatic carbocycles. The van der Waals surface area contributed by atoms with Gasteiger partial charge in [-0.2, -0.15) is 4.31 Å². The molecule has 0 saturated heterocycles. The summed E-state index contributed by atoms with van der Waals surface area (Å²) < 4.78 is 30.1. The Bertz CT molecular complexity index is 897. The summed E-state index contributed by atoms with van der Waals surface area (Å²) in [5, 5.41) is 2.61. The van der Waals surface area contributed by atoms with Gasteiger partial charge in [-0.05, 0) is 30.7 Å². The van der Waals surface area contributed by atoms with Crippen LogP contribution in [-0.4, -0.2) is 44.0 Å². The molecular weight excluding hydrogens is 368 g/mol. The van der Waals surface area contributed by atoms with Crippen LogP contribution in [0.4, 0.5) is 5.69 Å². The maximum absolute atomic E-state index is 12.3. The topological polar surface area (TPSA) is 92.8 Å². The fourth-order valence-electron chi connectivity index (χ4n) is 2.38. The van der Waals surface area contributed by atoms with E-state index in [1.54, 1.807) is 49.4 Å². The van der Waals surface area contributed by atoms with Crippen molar-refractivity contribution in [1.82, 2.24) is 4.31 Å². The van der Waals surface area contributed by atoms with E-state index in [0.29, 0.717) is 11.3 Å². The molecule has 0 aromatic heterocycles. The van der Waals surface area contributed by atoms with Gasteiger partial charge in [0.15, 0.2) is 0 Å². The first-order valence-electron chi connectivity index (χ1n) is 8.35. The van der Waals surface area contributed by atoms with Crippen LogP contribution >= 0.6 is 0 Å². The highest BCUT2D eigenvalue weighted by Gasteiger charge is 2.20. The summed E-state index contributed by atoms with van der Waals surface area (Å²) in [5.74, 6) is -0.993. The second-order valence-electron chi connectivity index (χ2n) is 5.87. The Morgan fingerprint density at radius 2 is 1.78 bits per heavy atom. The van der Waals surface area contributed by atoms with Crippen LogP contribution in [0.1, 0.15) is 22.8 Å². The molecule has 144 valence electrons. The van der Waals surface area contributed by atoms with E-state index in [0.717, 1.165) is 16.1 Å². The van der Waals surface area contributed by atoms with E-state index in [1.165, 1.54) is 6.07 Å². The summed E-state index contributed by atoms with van der Waals surface area (Å²) in [6.45, 7) is 1.71. The monoisotopic (exact) mass is 390 g/mol. The number of amides is 1. The van der Waals surface area contributed by atoms with E-state index in [4.69, 9.17) is 4.74 Å². The van der Waals surface area contributed by atoms with Crippen molar-refractivity contribution in [3.63, 3.8) is 0 Å². The zero-order valence-electron chi connectivity index (χ0n) is 15.2. The molecule has 0 unspecified atom stereocenters. The number of hydrogen-bond acceptors (Lipinski definition) is 5. The normalized spacial score (nSPS) is 11.2. The second kappa shape index (κ2) is 9.29. The van der Waals surface area contributed by atoms with Crippen molar-refractivity contribution in [2.24, 2.45) is 0 Å². The largest absolute Gasteiger partial charge is 0.462 e. The molecule has 1 amide bonds. The quantitative estimate of drug-likeness (QED) is 0.698. The molecule has 7 nitrogen and oxygen atoms in total. The van der Waals surface area contributed by atoms with E-state index < -0.39 is 21.9 Å². The maximum Gasteiger partial charge on any atom is 0.338 e. The van der Waals surface area contributed by atoms with Crippen LogP contribution in [0, 0.1) is 0 Å². The Kier molecular flexibility index (Phi) is 7.09. The predicted molar refractivity (Wildman–Crippen MR) is 103 cm³/mol. The number of ether oxygens (including phenoxy) is 1. The number of sulfonamides is 1. The number of hydrogen-bond donors (Lipinski definition) is 1. The van der Waals surface area contributed by atoms with Crippen LogP contribution in [0.2, 0.25) is 0 Å². The van der Waals surface area contributed by atoms with Gasteiger partial charge in [-0.1, -0.05) is 36.4 Å². The lowest BCUT2D eigenvalue weighted by atomic mass is 10.2. The van der Waals surface area contributed by atoms with Crippen molar-refractivity contribution in [1.29, 1.82) is 0 Å². The van der Waals surface area contributed by atoms with Gasteiger partial charge in [0.1, 0.15) is 0 Å². The highest BCUT2D eigenvalue weighted by molar-refractivity contribution is 7.88. The van der Waals surface area contributed by atoms with E-state index >= 15 is 0 Å². The zero-order valence-corrected chi connectivity index (χ0v) is 16.0. The van der Waals surface area contributed by atoms with Gasteiger partial charge in [-0.25, -0.2) is 13.2 Å². The van der Waals surface area contributed by atoms with Crippen molar-refractivity contribution < 1.29 is 22.7 Å². The predicted octanol–water partition coefficient (Wildman–Crippen LogP) is 2.26. The first-order valence-corrected chi connectivity index (χ1v) is 10.2. The smallest absolute Gasteiger partial charge is 0.338 e. The minimum atomic E-state index is -3.58. The van der Waals surface area contributed by atoms with Crippen LogP contribution in [0.15, 0.2) is 54.6 Å². The summed E-state index contributed by atoms with van der Waals surface area (Å²) >= 11 is 0. The number of nitrogens with one attached hydrogen (secondary N) is 1. The Morgan fingerprint density at radius 1 is 1.07 bits per heavy atom. The van der Waals surface area contributed by atoms with E-state index in [1.807, 2.05) is 6.07 Å². The van der Waals surface area contributed by atoms with E-state index in [-0.39, 0.29) is 19.7 Å². The molecule has 0 aliphatic heterocycles. The Labute approximate surface area is 159 Å². The Balaban J connectivity index is 2.08. The molecule has 0 spiro atoms. The fourth-order valence-corrected chi connectivity index (χ4v) is 3.11. The third-order valence-corrected chi connectivity index (χ3v) is 4.84. The molecular formula is C19H22N2O5S. The minimum absolute atomic E-state index is 0.0932. The summed E-state index contributed by atoms with van der Waals surface area (Å²) in [6.07, 6.45) is 1.06. The molecule has 8 heteroatoms. The molecule has 0 saturated carbocycles. The average Bonchev–Trinajstić information content (AvgIpc) is 2.61. The van der Waals surface area contributed by atoms with Crippen LogP contribution in [0.25, 0.3) is 0 Å². The second-order valence-corrected chi connectivity index (χ2v) is 7.85. The van der Waals surface area contributed by atoms with Crippen LogP contribution in [0.3, 0.4) is 0 Å². The molecule has 2 aromatic carbocycles. The highest BCUT2D eigenvalue weighted by Crippen LogP contribution is 2.13. The number of anilines is 1. The van der Waals surface area contributed by atoms with E-state index in [9.17, 15) is 18.0 Å². The Morgan fingerprint density at radius 3 is 2.41 bits per heavy atom. The summed E-state index contributed by atoms with van der Waals surface area (Å²) in [6, 6.07) is 15.3. The molecule has 0 bridgehead atoms. The van der Waals surface area contributed by atoms with Gasteiger partial charge in [0.2, 0.25) is 15.9 Å². The van der Waals surface area contributed by atoms with E-state index in [2.05, 4.69) is 5.32 Å². The van der Waals surface area contributed by atoms with Gasteiger partial charge >= 0.3 is 5.97 Å². The lowest BCUT2D eigenvalue weighted by molar-refractivity contribution is -0.116. The maximum atomic E-state index is 12.3. The van der Waals surface area contributed by atoms with Gasteiger partial charge in [-0.15, -0.1) is 0 Å². The number of nitrogens with zero attached hydrogens (tertiary/aromatic N) is 1. The number of rotatable bonds is 8. The zero-order chi connectivity index (χ0) is 19.9. The molecule has 2 aromatic rings. The third kappa shape index (κ3) is 6.50. The van der Waals surface area contributed by atoms with Crippen molar-refractivity contribution in [2.45, 2.75) is 13.5 Å². The van der Waals surface area contributed by atoms with Crippen molar-refractivity contribution in [2.75, 3.05) is 24.7 Å². The minimum Gasteiger partial charge on any atom is -0.462 e. The standard InChI is InChI=1S/C19H22N2O5S/c1-3-26-19(23)16-10-7-11-17(12-16)20-18(22)14-21(27(2,24)25)13-15-8-5-4-6-9-15/h4-12H,3,13-14H2,1-2H3,(H,20,22). The van der Waals surface area contributed by atoms with Crippen molar-refractivity contribution >= 4 is 27.6 Å². The highest BCUT2D eigenvalue weighted by atomic mass is 32.2. The van der Waals surface area contributed by atoms with Crippen LogP contribution in [0.5, 0.6) is 0 Å². The molecule has 27 heavy (non-hydrogen) atoms. The van der Waals surface area contributed by atoms with Crippen LogP contribution < -0.4 is 5.32 Å². The average molecular weight is 390 g/mol. The van der Waals surface area contributed by atoms with Gasteiger partial charge in [0.25, 0.3) is 0 Å². The molecule has 0 radical (unpaired) electrons.